The van der Waals surface area contributed by atoms with Crippen molar-refractivity contribution in [3.05, 3.63) is 22.7 Å². The highest BCUT2D eigenvalue weighted by Gasteiger charge is 2.17. The number of nitrogens with one attached hydrogen (secondary N) is 1. The highest BCUT2D eigenvalue weighted by atomic mass is 35.5. The zero-order valence-corrected chi connectivity index (χ0v) is 11.5. The van der Waals surface area contributed by atoms with Crippen LogP contribution in [0.5, 0.6) is 0 Å². The van der Waals surface area contributed by atoms with Gasteiger partial charge in [-0.2, -0.15) is 0 Å². The molecule has 1 atom stereocenters. The maximum Gasteiger partial charge on any atom is 0.272 e. The van der Waals surface area contributed by atoms with Crippen LogP contribution in [-0.2, 0) is 0 Å². The molecule has 0 aliphatic rings. The van der Waals surface area contributed by atoms with Crippen LogP contribution in [0.4, 0.5) is 0 Å². The smallest absolute Gasteiger partial charge is 0.272 e. The summed E-state index contributed by atoms with van der Waals surface area (Å²) in [5, 5.41) is 2.92. The second-order valence-corrected chi connectivity index (χ2v) is 4.59. The van der Waals surface area contributed by atoms with Gasteiger partial charge >= 0.3 is 0 Å². The van der Waals surface area contributed by atoms with Crippen LogP contribution in [0.3, 0.4) is 0 Å². The molecule has 0 aromatic carbocycles. The Bertz CT molecular complexity index is 480. The van der Waals surface area contributed by atoms with Gasteiger partial charge in [-0.15, -0.1) is 6.42 Å². The molecule has 96 valence electrons. The molecule has 1 unspecified atom stereocenters. The fourth-order valence-electron chi connectivity index (χ4n) is 1.31. The highest BCUT2D eigenvalue weighted by Crippen LogP contribution is 2.16. The first-order valence-corrected chi connectivity index (χ1v) is 6.16. The lowest BCUT2D eigenvalue weighted by Crippen LogP contribution is -2.34. The van der Waals surface area contributed by atoms with Gasteiger partial charge in [0.1, 0.15) is 11.5 Å². The number of terminal acetylenes is 1. The number of amides is 1. The van der Waals surface area contributed by atoms with Crippen LogP contribution < -0.4 is 5.32 Å². The summed E-state index contributed by atoms with van der Waals surface area (Å²) in [5.41, 5.74) is 0.170. The van der Waals surface area contributed by atoms with E-state index in [0.717, 1.165) is 0 Å². The monoisotopic (exact) mass is 265 g/mol. The van der Waals surface area contributed by atoms with Crippen molar-refractivity contribution in [2.75, 3.05) is 0 Å². The molecule has 0 radical (unpaired) electrons. The predicted octanol–water partition coefficient (Wildman–Crippen LogP) is 2.40. The second-order valence-electron chi connectivity index (χ2n) is 4.18. The van der Waals surface area contributed by atoms with Crippen LogP contribution in [0.1, 0.15) is 49.4 Å². The van der Waals surface area contributed by atoms with Crippen molar-refractivity contribution in [3.8, 4) is 12.3 Å². The van der Waals surface area contributed by atoms with Gasteiger partial charge in [-0.1, -0.05) is 38.3 Å². The van der Waals surface area contributed by atoms with Gasteiger partial charge < -0.3 is 5.32 Å². The SMILES string of the molecule is C#CC(CC)NC(=O)c1nc(C(C)C)ncc1Cl. The summed E-state index contributed by atoms with van der Waals surface area (Å²) in [6.07, 6.45) is 7.39. The van der Waals surface area contributed by atoms with E-state index in [1.807, 2.05) is 20.8 Å². The summed E-state index contributed by atoms with van der Waals surface area (Å²) in [6.45, 7) is 5.79. The van der Waals surface area contributed by atoms with Crippen molar-refractivity contribution < 1.29 is 4.79 Å². The van der Waals surface area contributed by atoms with Crippen LogP contribution in [0, 0.1) is 12.3 Å². The van der Waals surface area contributed by atoms with E-state index in [-0.39, 0.29) is 28.6 Å². The molecule has 1 rings (SSSR count). The normalized spacial score (nSPS) is 12.0. The number of carbonyl (C=O) groups excluding carboxylic acids is 1. The fourth-order valence-corrected chi connectivity index (χ4v) is 1.48. The quantitative estimate of drug-likeness (QED) is 0.851. The minimum atomic E-state index is -0.367. The van der Waals surface area contributed by atoms with E-state index >= 15 is 0 Å². The minimum absolute atomic E-state index is 0.128. The summed E-state index contributed by atoms with van der Waals surface area (Å²) >= 11 is 5.93. The molecule has 1 aromatic heterocycles. The number of rotatable bonds is 4. The molecule has 18 heavy (non-hydrogen) atoms. The van der Waals surface area contributed by atoms with Crippen LogP contribution in [0.25, 0.3) is 0 Å². The standard InChI is InChI=1S/C13H16ClN3O/c1-5-9(6-2)16-13(18)11-10(14)7-15-12(17-11)8(3)4/h1,7-9H,6H2,2-4H3,(H,16,18). The number of hydrogen-bond acceptors (Lipinski definition) is 3. The molecule has 1 aromatic rings. The molecule has 4 nitrogen and oxygen atoms in total. The van der Waals surface area contributed by atoms with Crippen LogP contribution in [0.15, 0.2) is 6.20 Å². The largest absolute Gasteiger partial charge is 0.337 e. The van der Waals surface area contributed by atoms with Gasteiger partial charge in [0.2, 0.25) is 0 Å². The first-order chi connectivity index (χ1) is 8.49. The van der Waals surface area contributed by atoms with Gasteiger partial charge in [0, 0.05) is 5.92 Å². The lowest BCUT2D eigenvalue weighted by Gasteiger charge is -2.12. The summed E-state index contributed by atoms with van der Waals surface area (Å²) < 4.78 is 0. The van der Waals surface area contributed by atoms with E-state index in [1.54, 1.807) is 0 Å². The maximum absolute atomic E-state index is 12.0. The molecule has 0 saturated heterocycles. The molecular weight excluding hydrogens is 250 g/mol. The summed E-state index contributed by atoms with van der Waals surface area (Å²) in [6, 6.07) is -0.314. The average molecular weight is 266 g/mol. The number of aromatic nitrogens is 2. The fraction of sp³-hybridized carbons (Fsp3) is 0.462. The average Bonchev–Trinajstić information content (AvgIpc) is 2.35. The third-order valence-electron chi connectivity index (χ3n) is 2.41. The molecule has 0 bridgehead atoms. The van der Waals surface area contributed by atoms with E-state index in [1.165, 1.54) is 6.20 Å². The molecule has 0 aliphatic carbocycles. The molecule has 1 N–H and O–H groups in total. The van der Waals surface area contributed by atoms with Crippen molar-refractivity contribution >= 4 is 17.5 Å². The maximum atomic E-state index is 12.0. The highest BCUT2D eigenvalue weighted by molar-refractivity contribution is 6.33. The van der Waals surface area contributed by atoms with E-state index < -0.39 is 0 Å². The third kappa shape index (κ3) is 3.44. The zero-order chi connectivity index (χ0) is 13.7. The molecule has 1 amide bonds. The van der Waals surface area contributed by atoms with Gasteiger partial charge in [0.25, 0.3) is 5.91 Å². The van der Waals surface area contributed by atoms with Crippen molar-refractivity contribution in [1.29, 1.82) is 0 Å². The molecular formula is C13H16ClN3O. The van der Waals surface area contributed by atoms with Crippen molar-refractivity contribution in [2.45, 2.75) is 39.2 Å². The summed E-state index contributed by atoms with van der Waals surface area (Å²) in [4.78, 5) is 20.2. The second kappa shape index (κ2) is 6.36. The lowest BCUT2D eigenvalue weighted by molar-refractivity contribution is 0.0939. The Hall–Kier alpha value is -1.60. The summed E-state index contributed by atoms with van der Waals surface area (Å²) in [5.74, 6) is 2.83. The first kappa shape index (κ1) is 14.5. The van der Waals surface area contributed by atoms with Gasteiger partial charge in [-0.3, -0.25) is 4.79 Å². The van der Waals surface area contributed by atoms with Gasteiger partial charge in [-0.05, 0) is 6.42 Å². The van der Waals surface area contributed by atoms with Crippen molar-refractivity contribution in [2.24, 2.45) is 0 Å². The van der Waals surface area contributed by atoms with Crippen LogP contribution in [-0.4, -0.2) is 21.9 Å². The van der Waals surface area contributed by atoms with Gasteiger partial charge in [0.15, 0.2) is 0 Å². The predicted molar refractivity (Wildman–Crippen MR) is 71.5 cm³/mol. The van der Waals surface area contributed by atoms with Crippen LogP contribution >= 0.6 is 11.6 Å². The van der Waals surface area contributed by atoms with Gasteiger partial charge in [0.05, 0.1) is 17.3 Å². The Kier molecular flexibility index (Phi) is 5.11. The van der Waals surface area contributed by atoms with E-state index in [4.69, 9.17) is 18.0 Å². The van der Waals surface area contributed by atoms with Crippen molar-refractivity contribution in [3.63, 3.8) is 0 Å². The topological polar surface area (TPSA) is 54.9 Å². The Balaban J connectivity index is 2.98. The van der Waals surface area contributed by atoms with Crippen LogP contribution in [0.2, 0.25) is 5.02 Å². The van der Waals surface area contributed by atoms with E-state index in [0.29, 0.717) is 12.2 Å². The zero-order valence-electron chi connectivity index (χ0n) is 10.7. The van der Waals surface area contributed by atoms with E-state index in [2.05, 4.69) is 21.2 Å². The van der Waals surface area contributed by atoms with Gasteiger partial charge in [-0.25, -0.2) is 9.97 Å². The third-order valence-corrected chi connectivity index (χ3v) is 2.69. The molecule has 5 heteroatoms. The molecule has 0 saturated carbocycles. The Morgan fingerprint density at radius 1 is 1.61 bits per heavy atom. The minimum Gasteiger partial charge on any atom is -0.337 e. The van der Waals surface area contributed by atoms with E-state index in [9.17, 15) is 4.79 Å². The molecule has 0 fully saturated rings. The molecule has 0 spiro atoms. The summed E-state index contributed by atoms with van der Waals surface area (Å²) in [7, 11) is 0. The Labute approximate surface area is 112 Å². The number of carbonyl (C=O) groups is 1. The first-order valence-electron chi connectivity index (χ1n) is 5.79. The lowest BCUT2D eigenvalue weighted by atomic mass is 10.2. The Morgan fingerprint density at radius 3 is 2.78 bits per heavy atom. The number of hydrogen-bond donors (Lipinski definition) is 1. The number of halogens is 1. The van der Waals surface area contributed by atoms with Crippen molar-refractivity contribution in [1.82, 2.24) is 15.3 Å². The molecule has 1 heterocycles. The number of nitrogens with zero attached hydrogens (tertiary/aromatic N) is 2. The molecule has 0 aliphatic heterocycles. The Morgan fingerprint density at radius 2 is 2.28 bits per heavy atom.